The van der Waals surface area contributed by atoms with Gasteiger partial charge in [0.05, 0.1) is 0 Å². The van der Waals surface area contributed by atoms with Crippen LogP contribution in [0.5, 0.6) is 0 Å². The van der Waals surface area contributed by atoms with Crippen LogP contribution in [0.4, 0.5) is 5.82 Å². The van der Waals surface area contributed by atoms with Gasteiger partial charge in [-0.25, -0.2) is 9.97 Å². The van der Waals surface area contributed by atoms with Crippen molar-refractivity contribution in [2.24, 2.45) is 0 Å². The fourth-order valence-electron chi connectivity index (χ4n) is 1.89. The van der Waals surface area contributed by atoms with Gasteiger partial charge in [0.25, 0.3) is 0 Å². The largest absolute Gasteiger partial charge is 0.365 e. The zero-order valence-corrected chi connectivity index (χ0v) is 9.32. The molecule has 0 spiro atoms. The van der Waals surface area contributed by atoms with Crippen molar-refractivity contribution >= 4 is 5.82 Å². The lowest BCUT2D eigenvalue weighted by molar-refractivity contribution is 0.364. The number of hydrogen-bond donors (Lipinski definition) is 2. The minimum absolute atomic E-state index is 0.0618. The molecule has 1 fully saturated rings. The predicted molar refractivity (Wildman–Crippen MR) is 60.9 cm³/mol. The van der Waals surface area contributed by atoms with Crippen molar-refractivity contribution in [3.8, 4) is 6.07 Å². The Kier molecular flexibility index (Phi) is 3.02. The molecule has 2 heterocycles. The Labute approximate surface area is 94.9 Å². The first-order valence-corrected chi connectivity index (χ1v) is 5.44. The van der Waals surface area contributed by atoms with Crippen LogP contribution in [0.2, 0.25) is 0 Å². The summed E-state index contributed by atoms with van der Waals surface area (Å²) in [4.78, 5) is 7.98. The zero-order chi connectivity index (χ0) is 11.4. The maximum atomic E-state index is 8.72. The molecular formula is C11H15N5. The Morgan fingerprint density at radius 1 is 1.50 bits per heavy atom. The number of piperidine rings is 1. The minimum atomic E-state index is 0.0618. The molecule has 0 amide bonds. The van der Waals surface area contributed by atoms with Crippen molar-refractivity contribution in [3.63, 3.8) is 0 Å². The van der Waals surface area contributed by atoms with Gasteiger partial charge in [0.15, 0.2) is 0 Å². The monoisotopic (exact) mass is 217 g/mol. The highest BCUT2D eigenvalue weighted by atomic mass is 15.1. The molecule has 0 unspecified atom stereocenters. The normalized spacial score (nSPS) is 18.8. The molecule has 5 heteroatoms. The molecule has 84 valence electrons. The minimum Gasteiger partial charge on any atom is -0.365 e. The van der Waals surface area contributed by atoms with E-state index in [1.807, 2.05) is 6.07 Å². The van der Waals surface area contributed by atoms with Crippen molar-refractivity contribution in [1.29, 1.82) is 5.26 Å². The third-order valence-corrected chi connectivity index (χ3v) is 2.89. The summed E-state index contributed by atoms with van der Waals surface area (Å²) in [6.45, 7) is 4.21. The van der Waals surface area contributed by atoms with E-state index in [9.17, 15) is 0 Å². The molecule has 1 aromatic heterocycles. The van der Waals surface area contributed by atoms with Crippen LogP contribution in [0.1, 0.15) is 25.6 Å². The molecule has 0 saturated carbocycles. The molecule has 1 aliphatic rings. The van der Waals surface area contributed by atoms with Crippen LogP contribution in [0.25, 0.3) is 0 Å². The maximum Gasteiger partial charge on any atom is 0.234 e. The SMILES string of the molecule is CC1(Nc2ccnc(C#N)n2)CCNCC1. The summed E-state index contributed by atoms with van der Waals surface area (Å²) >= 11 is 0. The molecule has 16 heavy (non-hydrogen) atoms. The summed E-state index contributed by atoms with van der Waals surface area (Å²) in [5.41, 5.74) is 0.0618. The van der Waals surface area contributed by atoms with Crippen LogP contribution in [-0.4, -0.2) is 28.6 Å². The second-order valence-electron chi connectivity index (χ2n) is 4.31. The summed E-state index contributed by atoms with van der Waals surface area (Å²) in [6, 6.07) is 3.74. The van der Waals surface area contributed by atoms with Gasteiger partial charge in [0.2, 0.25) is 5.82 Å². The van der Waals surface area contributed by atoms with Gasteiger partial charge in [-0.05, 0) is 38.9 Å². The molecular weight excluding hydrogens is 202 g/mol. The van der Waals surface area contributed by atoms with Gasteiger partial charge in [-0.3, -0.25) is 0 Å². The van der Waals surface area contributed by atoms with Crippen LogP contribution in [0, 0.1) is 11.3 Å². The van der Waals surface area contributed by atoms with Crippen LogP contribution in [-0.2, 0) is 0 Å². The summed E-state index contributed by atoms with van der Waals surface area (Å²) in [5.74, 6) is 0.943. The second kappa shape index (κ2) is 4.45. The van der Waals surface area contributed by atoms with Crippen molar-refractivity contribution in [2.75, 3.05) is 18.4 Å². The first-order chi connectivity index (χ1) is 7.72. The molecule has 2 N–H and O–H groups in total. The lowest BCUT2D eigenvalue weighted by Gasteiger charge is -2.35. The Bertz CT molecular complexity index is 403. The highest BCUT2D eigenvalue weighted by molar-refractivity contribution is 5.38. The third-order valence-electron chi connectivity index (χ3n) is 2.89. The number of rotatable bonds is 2. The molecule has 2 rings (SSSR count). The van der Waals surface area contributed by atoms with Gasteiger partial charge >= 0.3 is 0 Å². The van der Waals surface area contributed by atoms with Crippen molar-refractivity contribution in [2.45, 2.75) is 25.3 Å². The van der Waals surface area contributed by atoms with Gasteiger partial charge in [0.1, 0.15) is 11.9 Å². The van der Waals surface area contributed by atoms with Gasteiger partial charge in [0, 0.05) is 11.7 Å². The summed E-state index contributed by atoms with van der Waals surface area (Å²) in [6.07, 6.45) is 3.72. The van der Waals surface area contributed by atoms with E-state index in [0.29, 0.717) is 0 Å². The molecule has 1 saturated heterocycles. The third kappa shape index (κ3) is 2.47. The molecule has 1 aromatic rings. The lowest BCUT2D eigenvalue weighted by atomic mass is 9.91. The van der Waals surface area contributed by atoms with Crippen LogP contribution < -0.4 is 10.6 Å². The molecule has 0 radical (unpaired) electrons. The van der Waals surface area contributed by atoms with Gasteiger partial charge < -0.3 is 10.6 Å². The van der Waals surface area contributed by atoms with E-state index in [1.165, 1.54) is 0 Å². The van der Waals surface area contributed by atoms with Crippen LogP contribution >= 0.6 is 0 Å². The number of nitrogens with one attached hydrogen (secondary N) is 2. The van der Waals surface area contributed by atoms with Crippen molar-refractivity contribution < 1.29 is 0 Å². The fraction of sp³-hybridized carbons (Fsp3) is 0.545. The van der Waals surface area contributed by atoms with E-state index in [1.54, 1.807) is 12.3 Å². The highest BCUT2D eigenvalue weighted by Crippen LogP contribution is 2.22. The van der Waals surface area contributed by atoms with Crippen molar-refractivity contribution in [1.82, 2.24) is 15.3 Å². The summed E-state index contributed by atoms with van der Waals surface area (Å²) < 4.78 is 0. The Hall–Kier alpha value is -1.67. The molecule has 0 atom stereocenters. The van der Waals surface area contributed by atoms with Crippen LogP contribution in [0.3, 0.4) is 0 Å². The number of aromatic nitrogens is 2. The van der Waals surface area contributed by atoms with E-state index in [-0.39, 0.29) is 11.4 Å². The first-order valence-electron chi connectivity index (χ1n) is 5.44. The average molecular weight is 217 g/mol. The second-order valence-corrected chi connectivity index (χ2v) is 4.31. The van der Waals surface area contributed by atoms with Gasteiger partial charge in [-0.2, -0.15) is 5.26 Å². The number of hydrogen-bond acceptors (Lipinski definition) is 5. The zero-order valence-electron chi connectivity index (χ0n) is 9.32. The van der Waals surface area contributed by atoms with E-state index in [0.717, 1.165) is 31.7 Å². The highest BCUT2D eigenvalue weighted by Gasteiger charge is 2.26. The molecule has 0 aromatic carbocycles. The maximum absolute atomic E-state index is 8.72. The quantitative estimate of drug-likeness (QED) is 0.770. The number of anilines is 1. The van der Waals surface area contributed by atoms with E-state index in [4.69, 9.17) is 5.26 Å². The molecule has 0 bridgehead atoms. The fourth-order valence-corrected chi connectivity index (χ4v) is 1.89. The lowest BCUT2D eigenvalue weighted by Crippen LogP contribution is -2.45. The Balaban J connectivity index is 2.10. The molecule has 0 aliphatic carbocycles. The predicted octanol–water partition coefficient (Wildman–Crippen LogP) is 0.902. The van der Waals surface area contributed by atoms with E-state index < -0.39 is 0 Å². The number of nitriles is 1. The summed E-state index contributed by atoms with van der Waals surface area (Å²) in [7, 11) is 0. The Morgan fingerprint density at radius 2 is 2.25 bits per heavy atom. The molecule has 5 nitrogen and oxygen atoms in total. The first kappa shape index (κ1) is 10.8. The summed E-state index contributed by atoms with van der Waals surface area (Å²) in [5, 5.41) is 15.4. The van der Waals surface area contributed by atoms with E-state index in [2.05, 4.69) is 27.5 Å². The van der Waals surface area contributed by atoms with Gasteiger partial charge in [-0.15, -0.1) is 0 Å². The van der Waals surface area contributed by atoms with Gasteiger partial charge in [-0.1, -0.05) is 0 Å². The smallest absolute Gasteiger partial charge is 0.234 e. The Morgan fingerprint density at radius 3 is 2.94 bits per heavy atom. The number of nitrogens with zero attached hydrogens (tertiary/aromatic N) is 3. The van der Waals surface area contributed by atoms with Crippen LogP contribution in [0.15, 0.2) is 12.3 Å². The average Bonchev–Trinajstić information content (AvgIpc) is 2.29. The van der Waals surface area contributed by atoms with Crippen molar-refractivity contribution in [3.05, 3.63) is 18.1 Å². The topological polar surface area (TPSA) is 73.6 Å². The van der Waals surface area contributed by atoms with E-state index >= 15 is 0 Å². The molecule has 1 aliphatic heterocycles. The standard InChI is InChI=1S/C11H15N5/c1-11(3-6-13-7-4-11)16-9-2-5-14-10(8-12)15-9/h2,5,13H,3-4,6-7H2,1H3,(H,14,15,16).